The number of phenols is 2. The largest absolute Gasteiger partial charge is 0.508 e. The minimum atomic E-state index is -0.0255. The summed E-state index contributed by atoms with van der Waals surface area (Å²) in [7, 11) is 0. The molecule has 2 N–H and O–H groups in total. The second-order valence-corrected chi connectivity index (χ2v) is 16.7. The molecule has 2 aromatic rings. The SMILES string of the molecule is CCCCCCCCCCCCc1ccc(O)c(C(C)(C)C)c1.CCCCCCCc1cc(C(C)(C)C)c(O)c(C(C)(C)C)c1. The van der Waals surface area contributed by atoms with Crippen molar-refractivity contribution in [2.24, 2.45) is 0 Å². The average molecular weight is 623 g/mol. The third kappa shape index (κ3) is 16.4. The molecule has 0 aliphatic rings. The summed E-state index contributed by atoms with van der Waals surface area (Å²) in [6, 6.07) is 10.6. The van der Waals surface area contributed by atoms with Crippen LogP contribution in [0.4, 0.5) is 0 Å². The minimum absolute atomic E-state index is 0.0118. The molecule has 2 rings (SSSR count). The number of phenolic OH excluding ortho intramolecular Hbond substituents is 2. The van der Waals surface area contributed by atoms with E-state index in [9.17, 15) is 10.2 Å². The predicted octanol–water partition coefficient (Wildman–Crippen LogP) is 13.7. The highest BCUT2D eigenvalue weighted by atomic mass is 16.3. The van der Waals surface area contributed by atoms with Crippen molar-refractivity contribution >= 4 is 0 Å². The van der Waals surface area contributed by atoms with Gasteiger partial charge in [0.25, 0.3) is 0 Å². The Balaban J connectivity index is 0.000000450. The van der Waals surface area contributed by atoms with E-state index in [1.807, 2.05) is 6.07 Å². The number of aryl methyl sites for hydroxylation is 2. The van der Waals surface area contributed by atoms with Crippen molar-refractivity contribution < 1.29 is 10.2 Å². The first-order valence-electron chi connectivity index (χ1n) is 18.7. The molecule has 2 aromatic carbocycles. The maximum atomic E-state index is 10.7. The van der Waals surface area contributed by atoms with Crippen molar-refractivity contribution in [3.05, 3.63) is 58.1 Å². The maximum absolute atomic E-state index is 10.7. The lowest BCUT2D eigenvalue weighted by Gasteiger charge is -2.28. The molecule has 0 saturated carbocycles. The molecule has 0 aromatic heterocycles. The first kappa shape index (κ1) is 41.1. The molecule has 45 heavy (non-hydrogen) atoms. The van der Waals surface area contributed by atoms with E-state index < -0.39 is 0 Å². The van der Waals surface area contributed by atoms with Crippen LogP contribution in [0.25, 0.3) is 0 Å². The van der Waals surface area contributed by atoms with Crippen LogP contribution in [-0.2, 0) is 29.1 Å². The van der Waals surface area contributed by atoms with E-state index in [0.29, 0.717) is 11.5 Å². The van der Waals surface area contributed by atoms with Gasteiger partial charge in [-0.05, 0) is 75.8 Å². The minimum Gasteiger partial charge on any atom is -0.508 e. The third-order valence-electron chi connectivity index (χ3n) is 9.04. The van der Waals surface area contributed by atoms with Gasteiger partial charge in [0.2, 0.25) is 0 Å². The number of unbranched alkanes of at least 4 members (excludes halogenated alkanes) is 13. The molecule has 2 nitrogen and oxygen atoms in total. The van der Waals surface area contributed by atoms with Gasteiger partial charge in [0.05, 0.1) is 0 Å². The van der Waals surface area contributed by atoms with Crippen molar-refractivity contribution in [1.29, 1.82) is 0 Å². The maximum Gasteiger partial charge on any atom is 0.123 e. The first-order valence-corrected chi connectivity index (χ1v) is 18.7. The van der Waals surface area contributed by atoms with Gasteiger partial charge in [-0.25, -0.2) is 0 Å². The standard InChI is InChI=1S/C22H38O.C21H36O/c1-5-6-7-8-9-10-11-12-13-14-15-19-16-17-21(23)20(18-19)22(2,3)4;1-8-9-10-11-12-13-16-14-17(20(2,3)4)19(22)18(15-16)21(5,6)7/h16-18,23H,5-15H2,1-4H3;14-15,22H,8-13H2,1-7H3. The van der Waals surface area contributed by atoms with Crippen LogP contribution in [0, 0.1) is 0 Å². The second kappa shape index (κ2) is 20.3. The Hall–Kier alpha value is -1.96. The van der Waals surface area contributed by atoms with E-state index in [4.69, 9.17) is 0 Å². The molecule has 0 amide bonds. The summed E-state index contributed by atoms with van der Waals surface area (Å²) in [5, 5.41) is 20.7. The smallest absolute Gasteiger partial charge is 0.123 e. The molecule has 0 atom stereocenters. The summed E-state index contributed by atoms with van der Waals surface area (Å²) in [5.41, 5.74) is 5.95. The Morgan fingerprint density at radius 2 is 0.756 bits per heavy atom. The summed E-state index contributed by atoms with van der Waals surface area (Å²) in [6.07, 6.45) is 22.6. The van der Waals surface area contributed by atoms with Crippen LogP contribution < -0.4 is 0 Å². The van der Waals surface area contributed by atoms with Crippen LogP contribution in [0.1, 0.15) is 200 Å². The van der Waals surface area contributed by atoms with Gasteiger partial charge < -0.3 is 10.2 Å². The Bertz CT molecular complexity index is 1040. The molecule has 0 fully saturated rings. The summed E-state index contributed by atoms with van der Waals surface area (Å²) < 4.78 is 0. The van der Waals surface area contributed by atoms with Gasteiger partial charge in [-0.1, -0.05) is 184 Å². The number of hydrogen-bond donors (Lipinski definition) is 2. The lowest BCUT2D eigenvalue weighted by molar-refractivity contribution is 0.422. The van der Waals surface area contributed by atoms with E-state index in [-0.39, 0.29) is 16.2 Å². The van der Waals surface area contributed by atoms with Gasteiger partial charge in [0.1, 0.15) is 11.5 Å². The van der Waals surface area contributed by atoms with Gasteiger partial charge in [-0.2, -0.15) is 0 Å². The van der Waals surface area contributed by atoms with Crippen LogP contribution in [0.3, 0.4) is 0 Å². The molecule has 0 aliphatic heterocycles. The fourth-order valence-electron chi connectivity index (χ4n) is 6.07. The third-order valence-corrected chi connectivity index (χ3v) is 9.04. The number of aromatic hydroxyl groups is 2. The number of hydrogen-bond acceptors (Lipinski definition) is 2. The topological polar surface area (TPSA) is 40.5 Å². The zero-order valence-corrected chi connectivity index (χ0v) is 31.8. The van der Waals surface area contributed by atoms with Crippen LogP contribution >= 0.6 is 0 Å². The van der Waals surface area contributed by atoms with E-state index in [0.717, 1.165) is 29.5 Å². The molecule has 0 aliphatic carbocycles. The zero-order valence-electron chi connectivity index (χ0n) is 31.8. The summed E-state index contributed by atoms with van der Waals surface area (Å²) in [4.78, 5) is 0. The highest BCUT2D eigenvalue weighted by Gasteiger charge is 2.26. The Morgan fingerprint density at radius 1 is 0.422 bits per heavy atom. The van der Waals surface area contributed by atoms with Crippen LogP contribution in [0.5, 0.6) is 11.5 Å². The molecule has 0 heterocycles. The molecular weight excluding hydrogens is 548 g/mol. The Kier molecular flexibility index (Phi) is 18.5. The summed E-state index contributed by atoms with van der Waals surface area (Å²) in [5.74, 6) is 0.930. The highest BCUT2D eigenvalue weighted by Crippen LogP contribution is 2.40. The van der Waals surface area contributed by atoms with E-state index >= 15 is 0 Å². The fourth-order valence-corrected chi connectivity index (χ4v) is 6.07. The van der Waals surface area contributed by atoms with Gasteiger partial charge >= 0.3 is 0 Å². The van der Waals surface area contributed by atoms with Gasteiger partial charge in [0.15, 0.2) is 0 Å². The van der Waals surface area contributed by atoms with Crippen LogP contribution in [0.2, 0.25) is 0 Å². The molecule has 0 bridgehead atoms. The normalized spacial score (nSPS) is 12.2. The molecule has 0 saturated heterocycles. The van der Waals surface area contributed by atoms with Gasteiger partial charge in [-0.3, -0.25) is 0 Å². The lowest BCUT2D eigenvalue weighted by Crippen LogP contribution is -2.18. The van der Waals surface area contributed by atoms with Crippen molar-refractivity contribution in [3.63, 3.8) is 0 Å². The highest BCUT2D eigenvalue weighted by molar-refractivity contribution is 5.50. The van der Waals surface area contributed by atoms with Crippen molar-refractivity contribution in [1.82, 2.24) is 0 Å². The lowest BCUT2D eigenvalue weighted by atomic mass is 9.78. The van der Waals surface area contributed by atoms with Crippen molar-refractivity contribution in [2.45, 2.75) is 202 Å². The van der Waals surface area contributed by atoms with Crippen molar-refractivity contribution in [3.8, 4) is 11.5 Å². The second-order valence-electron chi connectivity index (χ2n) is 16.7. The Morgan fingerprint density at radius 3 is 1.13 bits per heavy atom. The van der Waals surface area contributed by atoms with Gasteiger partial charge in [0, 0.05) is 0 Å². The predicted molar refractivity (Wildman–Crippen MR) is 200 cm³/mol. The summed E-state index contributed by atoms with van der Waals surface area (Å²) in [6.45, 7) is 24.1. The molecule has 0 radical (unpaired) electrons. The molecule has 2 heteroatoms. The van der Waals surface area contributed by atoms with E-state index in [1.54, 1.807) is 0 Å². The van der Waals surface area contributed by atoms with Crippen LogP contribution in [0.15, 0.2) is 30.3 Å². The number of rotatable bonds is 17. The fraction of sp³-hybridized carbons (Fsp3) is 0.721. The summed E-state index contributed by atoms with van der Waals surface area (Å²) >= 11 is 0. The molecule has 0 unspecified atom stereocenters. The molecule has 0 spiro atoms. The number of benzene rings is 2. The van der Waals surface area contributed by atoms with E-state index in [1.165, 1.54) is 107 Å². The quantitative estimate of drug-likeness (QED) is 0.172. The molecular formula is C43H74O2. The van der Waals surface area contributed by atoms with E-state index in [2.05, 4.69) is 100 Å². The average Bonchev–Trinajstić information content (AvgIpc) is 2.94. The van der Waals surface area contributed by atoms with Crippen molar-refractivity contribution in [2.75, 3.05) is 0 Å². The monoisotopic (exact) mass is 623 g/mol. The molecule has 258 valence electrons. The zero-order chi connectivity index (χ0) is 34.1. The Labute approximate surface area is 280 Å². The first-order chi connectivity index (χ1) is 21.0. The van der Waals surface area contributed by atoms with Gasteiger partial charge in [-0.15, -0.1) is 0 Å². The van der Waals surface area contributed by atoms with Crippen LogP contribution in [-0.4, -0.2) is 10.2 Å².